The van der Waals surface area contributed by atoms with Gasteiger partial charge in [0.2, 0.25) is 0 Å². The molecular formula is C21H24FN5O4S. The van der Waals surface area contributed by atoms with E-state index in [0.29, 0.717) is 42.7 Å². The molecule has 3 heterocycles. The number of aromatic nitrogens is 4. The van der Waals surface area contributed by atoms with Gasteiger partial charge in [-0.25, -0.2) is 22.3 Å². The number of pyridine rings is 1. The molecule has 0 unspecified atom stereocenters. The van der Waals surface area contributed by atoms with Crippen LogP contribution in [0.3, 0.4) is 0 Å². The van der Waals surface area contributed by atoms with Gasteiger partial charge >= 0.3 is 6.09 Å². The monoisotopic (exact) mass is 461 g/mol. The number of fused-ring (bicyclic) bond motifs is 1. The summed E-state index contributed by atoms with van der Waals surface area (Å²) in [7, 11) is -3.50. The number of likely N-dealkylation sites (tertiary alicyclic amines) is 1. The highest BCUT2D eigenvalue weighted by molar-refractivity contribution is 7.90. The summed E-state index contributed by atoms with van der Waals surface area (Å²) in [6, 6.07) is 5.43. The molecule has 0 atom stereocenters. The standard InChI is InChI=1S/C21H24FN5O4S/c1-13(2)31-21(28)26-8-6-14(7-9-26)27-20-12-23-18(11-19(20)24-25-27)16-5-4-15(10-17(16)22)32(3,29)30/h4-5,10-14H,6-9H2,1-3H3. The van der Waals surface area contributed by atoms with E-state index in [9.17, 15) is 17.6 Å². The molecule has 1 saturated heterocycles. The largest absolute Gasteiger partial charge is 0.447 e. The minimum absolute atomic E-state index is 0.0570. The van der Waals surface area contributed by atoms with E-state index < -0.39 is 15.7 Å². The zero-order chi connectivity index (χ0) is 23.0. The topological polar surface area (TPSA) is 107 Å². The van der Waals surface area contributed by atoms with Gasteiger partial charge in [-0.3, -0.25) is 4.98 Å². The first-order valence-corrected chi connectivity index (χ1v) is 12.2. The van der Waals surface area contributed by atoms with Gasteiger partial charge in [0, 0.05) is 24.9 Å². The summed E-state index contributed by atoms with van der Waals surface area (Å²) >= 11 is 0. The van der Waals surface area contributed by atoms with Gasteiger partial charge in [-0.15, -0.1) is 5.10 Å². The van der Waals surface area contributed by atoms with Gasteiger partial charge in [-0.1, -0.05) is 5.21 Å². The van der Waals surface area contributed by atoms with Crippen molar-refractivity contribution in [3.8, 4) is 11.3 Å². The molecule has 1 amide bonds. The van der Waals surface area contributed by atoms with Crippen molar-refractivity contribution in [1.82, 2.24) is 24.9 Å². The molecule has 4 rings (SSSR count). The lowest BCUT2D eigenvalue weighted by molar-refractivity contribution is 0.0655. The number of ether oxygens (including phenoxy) is 1. The quantitative estimate of drug-likeness (QED) is 0.587. The zero-order valence-corrected chi connectivity index (χ0v) is 18.8. The Morgan fingerprint density at radius 3 is 2.56 bits per heavy atom. The fourth-order valence-electron chi connectivity index (χ4n) is 3.76. The van der Waals surface area contributed by atoms with E-state index in [1.54, 1.807) is 21.8 Å². The van der Waals surface area contributed by atoms with Crippen molar-refractivity contribution in [3.05, 3.63) is 36.3 Å². The first-order chi connectivity index (χ1) is 15.1. The molecule has 170 valence electrons. The van der Waals surface area contributed by atoms with Gasteiger partial charge in [0.1, 0.15) is 16.9 Å². The van der Waals surface area contributed by atoms with Gasteiger partial charge in [0.15, 0.2) is 9.84 Å². The second kappa shape index (κ2) is 8.45. The number of hydrogen-bond donors (Lipinski definition) is 0. The lowest BCUT2D eigenvalue weighted by Gasteiger charge is -2.31. The van der Waals surface area contributed by atoms with Crippen LogP contribution in [0.4, 0.5) is 9.18 Å². The van der Waals surface area contributed by atoms with Crippen LogP contribution >= 0.6 is 0 Å². The predicted molar refractivity (Wildman–Crippen MR) is 115 cm³/mol. The molecule has 0 saturated carbocycles. The molecule has 1 aromatic carbocycles. The first kappa shape index (κ1) is 22.1. The van der Waals surface area contributed by atoms with Crippen LogP contribution in [0, 0.1) is 5.82 Å². The van der Waals surface area contributed by atoms with Crippen LogP contribution in [0.15, 0.2) is 35.4 Å². The van der Waals surface area contributed by atoms with Crippen LogP contribution in [-0.4, -0.2) is 64.8 Å². The van der Waals surface area contributed by atoms with E-state index in [2.05, 4.69) is 15.3 Å². The maximum Gasteiger partial charge on any atom is 0.410 e. The van der Waals surface area contributed by atoms with E-state index in [1.807, 2.05) is 13.8 Å². The molecule has 9 nitrogen and oxygen atoms in total. The Morgan fingerprint density at radius 1 is 1.22 bits per heavy atom. The lowest BCUT2D eigenvalue weighted by Crippen LogP contribution is -2.40. The highest BCUT2D eigenvalue weighted by atomic mass is 32.2. The second-order valence-corrected chi connectivity index (χ2v) is 10.2. The Hall–Kier alpha value is -3.08. The first-order valence-electron chi connectivity index (χ1n) is 10.3. The Bertz CT molecular complexity index is 1270. The Kier molecular flexibility index (Phi) is 5.85. The van der Waals surface area contributed by atoms with E-state index in [0.717, 1.165) is 12.3 Å². The summed E-state index contributed by atoms with van der Waals surface area (Å²) < 4.78 is 44.9. The number of nitrogens with zero attached hydrogens (tertiary/aromatic N) is 5. The maximum absolute atomic E-state index is 14.6. The number of piperidine rings is 1. The van der Waals surface area contributed by atoms with Crippen molar-refractivity contribution in [2.24, 2.45) is 0 Å². The Labute approximate surface area is 185 Å². The van der Waals surface area contributed by atoms with E-state index >= 15 is 0 Å². The summed E-state index contributed by atoms with van der Waals surface area (Å²) in [5.74, 6) is -0.673. The number of carbonyl (C=O) groups is 1. The minimum atomic E-state index is -3.50. The van der Waals surface area contributed by atoms with Gasteiger partial charge in [0.25, 0.3) is 0 Å². The highest BCUT2D eigenvalue weighted by Crippen LogP contribution is 2.29. The average Bonchev–Trinajstić information content (AvgIpc) is 3.16. The van der Waals surface area contributed by atoms with Crippen LogP contribution in [0.25, 0.3) is 22.3 Å². The normalized spacial score (nSPS) is 15.5. The second-order valence-electron chi connectivity index (χ2n) is 8.16. The van der Waals surface area contributed by atoms with Crippen LogP contribution in [0.2, 0.25) is 0 Å². The molecule has 1 aliphatic heterocycles. The molecule has 0 bridgehead atoms. The van der Waals surface area contributed by atoms with Crippen molar-refractivity contribution in [1.29, 1.82) is 0 Å². The van der Waals surface area contributed by atoms with Crippen LogP contribution in [0.5, 0.6) is 0 Å². The van der Waals surface area contributed by atoms with Crippen LogP contribution < -0.4 is 0 Å². The average molecular weight is 462 g/mol. The van der Waals surface area contributed by atoms with Crippen molar-refractivity contribution >= 4 is 27.0 Å². The highest BCUT2D eigenvalue weighted by Gasteiger charge is 2.27. The van der Waals surface area contributed by atoms with Gasteiger partial charge in [-0.05, 0) is 51.0 Å². The predicted octanol–water partition coefficient (Wildman–Crippen LogP) is 3.22. The fraction of sp³-hybridized carbons (Fsp3) is 0.429. The molecule has 32 heavy (non-hydrogen) atoms. The fourth-order valence-corrected chi connectivity index (χ4v) is 4.39. The SMILES string of the molecule is CC(C)OC(=O)N1CCC(n2nnc3cc(-c4ccc(S(C)(=O)=O)cc4F)ncc32)CC1. The number of benzene rings is 1. The maximum atomic E-state index is 14.6. The summed E-state index contributed by atoms with van der Waals surface area (Å²) in [5, 5.41) is 8.47. The molecule has 2 aromatic heterocycles. The molecule has 1 fully saturated rings. The smallest absolute Gasteiger partial charge is 0.410 e. The van der Waals surface area contributed by atoms with Crippen LogP contribution in [0.1, 0.15) is 32.7 Å². The van der Waals surface area contributed by atoms with E-state index in [-0.39, 0.29) is 28.7 Å². The van der Waals surface area contributed by atoms with Crippen molar-refractivity contribution in [2.75, 3.05) is 19.3 Å². The molecule has 1 aliphatic rings. The number of hydrogen-bond acceptors (Lipinski definition) is 7. The van der Waals surface area contributed by atoms with E-state index in [1.165, 1.54) is 12.1 Å². The van der Waals surface area contributed by atoms with Crippen molar-refractivity contribution in [2.45, 2.75) is 43.7 Å². The van der Waals surface area contributed by atoms with Crippen molar-refractivity contribution < 1.29 is 22.3 Å². The lowest BCUT2D eigenvalue weighted by atomic mass is 10.1. The van der Waals surface area contributed by atoms with Gasteiger partial charge < -0.3 is 9.64 Å². The molecular weight excluding hydrogens is 437 g/mol. The molecule has 11 heteroatoms. The third-order valence-corrected chi connectivity index (χ3v) is 6.52. The van der Waals surface area contributed by atoms with Crippen molar-refractivity contribution in [3.63, 3.8) is 0 Å². The van der Waals surface area contributed by atoms with E-state index in [4.69, 9.17) is 4.74 Å². The molecule has 0 N–H and O–H groups in total. The number of carbonyl (C=O) groups excluding carboxylic acids is 1. The number of halogens is 1. The minimum Gasteiger partial charge on any atom is -0.447 e. The molecule has 0 spiro atoms. The third-order valence-electron chi connectivity index (χ3n) is 5.41. The Morgan fingerprint density at radius 2 is 1.94 bits per heavy atom. The summed E-state index contributed by atoms with van der Waals surface area (Å²) in [6.07, 6.45) is 3.56. The summed E-state index contributed by atoms with van der Waals surface area (Å²) in [6.45, 7) is 4.75. The summed E-state index contributed by atoms with van der Waals surface area (Å²) in [5.41, 5.74) is 1.80. The Balaban J connectivity index is 1.54. The molecule has 3 aromatic rings. The molecule has 0 aliphatic carbocycles. The third kappa shape index (κ3) is 4.43. The van der Waals surface area contributed by atoms with Crippen LogP contribution in [-0.2, 0) is 14.6 Å². The van der Waals surface area contributed by atoms with Gasteiger partial charge in [0.05, 0.1) is 28.9 Å². The number of rotatable bonds is 4. The zero-order valence-electron chi connectivity index (χ0n) is 18.0. The number of amides is 1. The summed E-state index contributed by atoms with van der Waals surface area (Å²) in [4.78, 5) is 18.0. The van der Waals surface area contributed by atoms with Gasteiger partial charge in [-0.2, -0.15) is 0 Å². The number of sulfone groups is 1. The molecule has 0 radical (unpaired) electrons.